The zero-order valence-electron chi connectivity index (χ0n) is 16.3. The Hall–Kier alpha value is -2.43. The Morgan fingerprint density at radius 3 is 2.52 bits per heavy atom. The predicted octanol–water partition coefficient (Wildman–Crippen LogP) is 2.86. The maximum Gasteiger partial charge on any atom is 0.341 e. The van der Waals surface area contributed by atoms with Gasteiger partial charge in [-0.05, 0) is 39.0 Å². The predicted molar refractivity (Wildman–Crippen MR) is 106 cm³/mol. The molecule has 0 spiro atoms. The number of hydrogen-bond acceptors (Lipinski definition) is 5. The average Bonchev–Trinajstić information content (AvgIpc) is 2.92. The molecular weight excluding hydrogens is 425 g/mol. The van der Waals surface area contributed by atoms with Gasteiger partial charge in [-0.15, -0.1) is 0 Å². The summed E-state index contributed by atoms with van der Waals surface area (Å²) in [4.78, 5) is 27.0. The van der Waals surface area contributed by atoms with Crippen LogP contribution in [0.4, 0.5) is 10.1 Å². The molecule has 0 saturated carbocycles. The van der Waals surface area contributed by atoms with Crippen LogP contribution in [-0.2, 0) is 19.6 Å². The second kappa shape index (κ2) is 8.93. The normalized spacial score (nSPS) is 11.6. The number of esters is 1. The number of nitrogens with zero attached hydrogens (tertiary/aromatic N) is 1. The van der Waals surface area contributed by atoms with E-state index >= 15 is 0 Å². The van der Waals surface area contributed by atoms with Gasteiger partial charge in [-0.25, -0.2) is 17.6 Å². The van der Waals surface area contributed by atoms with E-state index in [0.29, 0.717) is 5.69 Å². The highest BCUT2D eigenvalue weighted by molar-refractivity contribution is 7.89. The fraction of sp³-hybridized carbons (Fsp3) is 0.333. The Balaban J connectivity index is 2.27. The van der Waals surface area contributed by atoms with Crippen molar-refractivity contribution >= 4 is 39.2 Å². The van der Waals surface area contributed by atoms with Gasteiger partial charge in [0, 0.05) is 23.5 Å². The van der Waals surface area contributed by atoms with Crippen LogP contribution in [0.3, 0.4) is 0 Å². The Morgan fingerprint density at radius 2 is 1.93 bits per heavy atom. The number of amides is 1. The number of likely N-dealkylation sites (N-methyl/N-ethyl adjacent to an activating group) is 1. The number of hydrogen-bond donors (Lipinski definition) is 2. The average molecular weight is 446 g/mol. The second-order valence-corrected chi connectivity index (χ2v) is 8.65. The summed E-state index contributed by atoms with van der Waals surface area (Å²) in [5.41, 5.74) is 0.327. The molecule has 0 unspecified atom stereocenters. The van der Waals surface area contributed by atoms with Crippen LogP contribution in [-0.4, -0.2) is 49.8 Å². The second-order valence-electron chi connectivity index (χ2n) is 6.23. The van der Waals surface area contributed by atoms with Crippen LogP contribution >= 0.6 is 11.6 Å². The molecule has 11 heteroatoms. The number of aromatic amines is 1. The Kier molecular flexibility index (Phi) is 7.04. The lowest BCUT2D eigenvalue weighted by Gasteiger charge is -2.18. The van der Waals surface area contributed by atoms with Crippen LogP contribution in [0, 0.1) is 19.7 Å². The summed E-state index contributed by atoms with van der Waals surface area (Å²) in [6.45, 7) is 4.13. The number of nitrogens with one attached hydrogen (secondary N) is 2. The van der Waals surface area contributed by atoms with E-state index in [0.717, 1.165) is 10.4 Å². The van der Waals surface area contributed by atoms with E-state index in [9.17, 15) is 22.4 Å². The molecule has 0 aliphatic heterocycles. The van der Waals surface area contributed by atoms with Crippen LogP contribution in [0.25, 0.3) is 0 Å². The SMILES string of the molecule is CCOC(=O)c1c(C)[nH]c(C)c1S(=O)(=O)N(C)CC(=O)Nc1ccc(Cl)cc1F. The molecule has 158 valence electrons. The minimum absolute atomic E-state index is 0.0763. The van der Waals surface area contributed by atoms with Crippen LogP contribution in [0.5, 0.6) is 0 Å². The molecule has 0 aliphatic rings. The Labute approximate surface area is 173 Å². The van der Waals surface area contributed by atoms with Gasteiger partial charge in [0.25, 0.3) is 0 Å². The van der Waals surface area contributed by atoms with E-state index in [1.165, 1.54) is 26.1 Å². The third-order valence-corrected chi connectivity index (χ3v) is 6.25. The number of aryl methyl sites for hydroxylation is 2. The molecule has 0 bridgehead atoms. The van der Waals surface area contributed by atoms with E-state index in [1.807, 2.05) is 0 Å². The molecule has 1 heterocycles. The smallest absolute Gasteiger partial charge is 0.341 e. The summed E-state index contributed by atoms with van der Waals surface area (Å²) in [6, 6.07) is 3.68. The first-order chi connectivity index (χ1) is 13.5. The molecule has 2 rings (SSSR count). The lowest BCUT2D eigenvalue weighted by Crippen LogP contribution is -2.36. The van der Waals surface area contributed by atoms with Gasteiger partial charge in [0.05, 0.1) is 18.8 Å². The lowest BCUT2D eigenvalue weighted by atomic mass is 10.2. The Bertz CT molecular complexity index is 1050. The quantitative estimate of drug-likeness (QED) is 0.637. The molecule has 1 aromatic heterocycles. The summed E-state index contributed by atoms with van der Waals surface area (Å²) in [5, 5.41) is 2.45. The molecule has 29 heavy (non-hydrogen) atoms. The Morgan fingerprint density at radius 1 is 1.28 bits per heavy atom. The number of H-pyrrole nitrogens is 1. The monoisotopic (exact) mass is 445 g/mol. The summed E-state index contributed by atoms with van der Waals surface area (Å²) < 4.78 is 45.6. The fourth-order valence-electron chi connectivity index (χ4n) is 2.75. The molecule has 0 fully saturated rings. The standard InChI is InChI=1S/C18H21ClFN3O5S/c1-5-28-18(25)16-10(2)21-11(3)17(16)29(26,27)23(4)9-15(24)22-14-7-6-12(19)8-13(14)20/h6-8,21H,5,9H2,1-4H3,(H,22,24). The summed E-state index contributed by atoms with van der Waals surface area (Å²) >= 11 is 5.66. The van der Waals surface area contributed by atoms with Gasteiger partial charge in [0.2, 0.25) is 15.9 Å². The molecule has 0 aliphatic carbocycles. The van der Waals surface area contributed by atoms with Gasteiger partial charge >= 0.3 is 5.97 Å². The number of sulfonamides is 1. The van der Waals surface area contributed by atoms with Gasteiger partial charge < -0.3 is 15.0 Å². The zero-order valence-corrected chi connectivity index (χ0v) is 17.9. The summed E-state index contributed by atoms with van der Waals surface area (Å²) in [7, 11) is -3.04. The topological polar surface area (TPSA) is 109 Å². The highest BCUT2D eigenvalue weighted by Crippen LogP contribution is 2.27. The molecule has 1 aromatic carbocycles. The van der Waals surface area contributed by atoms with E-state index in [1.54, 1.807) is 13.8 Å². The van der Waals surface area contributed by atoms with Gasteiger partial charge in [-0.3, -0.25) is 4.79 Å². The van der Waals surface area contributed by atoms with E-state index in [2.05, 4.69) is 10.3 Å². The molecule has 8 nitrogen and oxygen atoms in total. The molecule has 0 atom stereocenters. The number of anilines is 1. The minimum atomic E-state index is -4.22. The van der Waals surface area contributed by atoms with Crippen molar-refractivity contribution in [3.63, 3.8) is 0 Å². The largest absolute Gasteiger partial charge is 0.462 e. The van der Waals surface area contributed by atoms with Crippen molar-refractivity contribution in [1.29, 1.82) is 0 Å². The van der Waals surface area contributed by atoms with Crippen LogP contribution < -0.4 is 5.32 Å². The third-order valence-electron chi connectivity index (χ3n) is 4.04. The van der Waals surface area contributed by atoms with Gasteiger partial charge in [-0.2, -0.15) is 4.31 Å². The number of carbonyl (C=O) groups is 2. The summed E-state index contributed by atoms with van der Waals surface area (Å²) in [5.74, 6) is -2.30. The van der Waals surface area contributed by atoms with Crippen molar-refractivity contribution in [1.82, 2.24) is 9.29 Å². The van der Waals surface area contributed by atoms with Crippen molar-refractivity contribution in [2.75, 3.05) is 25.5 Å². The molecule has 0 saturated heterocycles. The van der Waals surface area contributed by atoms with Crippen LogP contribution in [0.1, 0.15) is 28.7 Å². The molecule has 2 N–H and O–H groups in total. The first kappa shape index (κ1) is 22.9. The van der Waals surface area contributed by atoms with Crippen molar-refractivity contribution in [2.45, 2.75) is 25.7 Å². The molecule has 0 radical (unpaired) electrons. The van der Waals surface area contributed by atoms with Gasteiger partial charge in [0.1, 0.15) is 16.3 Å². The molecule has 1 amide bonds. The number of carbonyl (C=O) groups excluding carboxylic acids is 2. The minimum Gasteiger partial charge on any atom is -0.462 e. The number of benzene rings is 1. The first-order valence-electron chi connectivity index (χ1n) is 8.56. The summed E-state index contributed by atoms with van der Waals surface area (Å²) in [6.07, 6.45) is 0. The molecular formula is C18H21ClFN3O5S. The maximum absolute atomic E-state index is 13.8. The number of rotatable bonds is 7. The van der Waals surface area contributed by atoms with Crippen molar-refractivity contribution < 1.29 is 27.1 Å². The van der Waals surface area contributed by atoms with E-state index in [-0.39, 0.29) is 33.5 Å². The van der Waals surface area contributed by atoms with Crippen LogP contribution in [0.2, 0.25) is 5.02 Å². The highest BCUT2D eigenvalue weighted by Gasteiger charge is 2.33. The number of halogens is 2. The lowest BCUT2D eigenvalue weighted by molar-refractivity contribution is -0.116. The van der Waals surface area contributed by atoms with Crippen molar-refractivity contribution in [2.24, 2.45) is 0 Å². The van der Waals surface area contributed by atoms with E-state index < -0.39 is 34.3 Å². The fourth-order valence-corrected chi connectivity index (χ4v) is 4.44. The zero-order chi connectivity index (χ0) is 21.9. The molecule has 2 aromatic rings. The van der Waals surface area contributed by atoms with Crippen LogP contribution in [0.15, 0.2) is 23.1 Å². The third kappa shape index (κ3) is 4.95. The first-order valence-corrected chi connectivity index (χ1v) is 10.4. The highest BCUT2D eigenvalue weighted by atomic mass is 35.5. The number of ether oxygens (including phenoxy) is 1. The van der Waals surface area contributed by atoms with Crippen molar-refractivity contribution in [3.05, 3.63) is 46.0 Å². The maximum atomic E-state index is 13.8. The van der Waals surface area contributed by atoms with Crippen molar-refractivity contribution in [3.8, 4) is 0 Å². The number of aromatic nitrogens is 1. The van der Waals surface area contributed by atoms with Gasteiger partial charge in [0.15, 0.2) is 0 Å². The van der Waals surface area contributed by atoms with Gasteiger partial charge in [-0.1, -0.05) is 11.6 Å². The van der Waals surface area contributed by atoms with E-state index in [4.69, 9.17) is 16.3 Å².